The van der Waals surface area contributed by atoms with Gasteiger partial charge in [0.25, 0.3) is 5.91 Å². The molecule has 0 aliphatic heterocycles. The third kappa shape index (κ3) is 2.27. The van der Waals surface area contributed by atoms with Gasteiger partial charge in [-0.15, -0.1) is 0 Å². The molecule has 0 aliphatic carbocycles. The topological polar surface area (TPSA) is 110 Å². The van der Waals surface area contributed by atoms with Crippen molar-refractivity contribution in [1.29, 1.82) is 0 Å². The molecule has 0 unspecified atom stereocenters. The van der Waals surface area contributed by atoms with Crippen molar-refractivity contribution in [2.45, 2.75) is 20.4 Å². The van der Waals surface area contributed by atoms with Gasteiger partial charge in [-0.25, -0.2) is 4.98 Å². The minimum atomic E-state index is -0.316. The third-order valence-corrected chi connectivity index (χ3v) is 2.30. The van der Waals surface area contributed by atoms with E-state index in [1.165, 1.54) is 0 Å². The van der Waals surface area contributed by atoms with Crippen molar-refractivity contribution in [2.24, 2.45) is 0 Å². The number of hydrogen-bond donors (Lipinski definition) is 3. The van der Waals surface area contributed by atoms with E-state index in [0.29, 0.717) is 23.9 Å². The summed E-state index contributed by atoms with van der Waals surface area (Å²) < 4.78 is 5.20. The Balaban J connectivity index is 2.03. The number of carbonyl (C=O) groups excluding carboxylic acids is 1. The summed E-state index contributed by atoms with van der Waals surface area (Å²) in [5.41, 5.74) is 6.89. The average Bonchev–Trinajstić information content (AvgIpc) is 2.81. The summed E-state index contributed by atoms with van der Waals surface area (Å²) in [6.07, 6.45) is 1.56. The van der Waals surface area contributed by atoms with Crippen molar-refractivity contribution in [2.75, 3.05) is 5.73 Å². The highest BCUT2D eigenvalue weighted by Gasteiger charge is 2.15. The highest BCUT2D eigenvalue weighted by Crippen LogP contribution is 2.10. The molecule has 1 amide bonds. The number of aromatic nitrogens is 3. The van der Waals surface area contributed by atoms with Crippen molar-refractivity contribution in [3.8, 4) is 0 Å². The lowest BCUT2D eigenvalue weighted by molar-refractivity contribution is 0.0921. The summed E-state index contributed by atoms with van der Waals surface area (Å²) in [5, 5.41) is 9.03. The molecule has 90 valence electrons. The minimum absolute atomic E-state index is 0.226. The fourth-order valence-corrected chi connectivity index (χ4v) is 1.46. The highest BCUT2D eigenvalue weighted by molar-refractivity contribution is 5.92. The molecule has 0 bridgehead atoms. The molecule has 0 radical (unpaired) electrons. The zero-order valence-electron chi connectivity index (χ0n) is 9.57. The molecule has 17 heavy (non-hydrogen) atoms. The maximum Gasteiger partial charge on any atom is 0.289 e. The quantitative estimate of drug-likeness (QED) is 0.718. The molecule has 7 heteroatoms. The fourth-order valence-electron chi connectivity index (χ4n) is 1.46. The van der Waals surface area contributed by atoms with Crippen LogP contribution in [-0.2, 0) is 6.54 Å². The number of carbonyl (C=O) groups is 1. The van der Waals surface area contributed by atoms with Crippen LogP contribution in [0.4, 0.5) is 5.82 Å². The number of aromatic amines is 1. The van der Waals surface area contributed by atoms with Gasteiger partial charge in [0.2, 0.25) is 5.76 Å². The number of amides is 1. The average molecular weight is 235 g/mol. The summed E-state index contributed by atoms with van der Waals surface area (Å²) in [6, 6.07) is 0. The van der Waals surface area contributed by atoms with Crippen molar-refractivity contribution >= 4 is 11.7 Å². The van der Waals surface area contributed by atoms with E-state index in [0.717, 1.165) is 5.56 Å². The molecule has 2 heterocycles. The maximum absolute atomic E-state index is 11.8. The largest absolute Gasteiger partial charge is 0.436 e. The predicted octanol–water partition coefficient (Wildman–Crippen LogP) is 0.527. The Morgan fingerprint density at radius 2 is 2.35 bits per heavy atom. The number of anilines is 1. The van der Waals surface area contributed by atoms with Crippen molar-refractivity contribution in [3.63, 3.8) is 0 Å². The van der Waals surface area contributed by atoms with Crippen LogP contribution in [0, 0.1) is 13.8 Å². The molecular weight excluding hydrogens is 222 g/mol. The van der Waals surface area contributed by atoms with Gasteiger partial charge in [-0.3, -0.25) is 9.89 Å². The second-order valence-electron chi connectivity index (χ2n) is 3.64. The van der Waals surface area contributed by atoms with Crippen LogP contribution in [0.5, 0.6) is 0 Å². The minimum Gasteiger partial charge on any atom is -0.436 e. The van der Waals surface area contributed by atoms with E-state index >= 15 is 0 Å². The number of nitrogens with two attached hydrogens (primary N) is 1. The Morgan fingerprint density at radius 3 is 2.88 bits per heavy atom. The SMILES string of the molecule is Cc1nc(C)c(C(=O)NCc2cn[nH]c2N)o1. The van der Waals surface area contributed by atoms with E-state index in [1.807, 2.05) is 0 Å². The number of hydrogen-bond acceptors (Lipinski definition) is 5. The Bertz CT molecular complexity index is 543. The third-order valence-electron chi connectivity index (χ3n) is 2.30. The van der Waals surface area contributed by atoms with Gasteiger partial charge in [-0.05, 0) is 6.92 Å². The number of aryl methyl sites for hydroxylation is 2. The molecule has 2 aromatic rings. The van der Waals surface area contributed by atoms with Crippen LogP contribution < -0.4 is 11.1 Å². The maximum atomic E-state index is 11.8. The lowest BCUT2D eigenvalue weighted by Crippen LogP contribution is -2.23. The van der Waals surface area contributed by atoms with Gasteiger partial charge < -0.3 is 15.5 Å². The fraction of sp³-hybridized carbons (Fsp3) is 0.300. The van der Waals surface area contributed by atoms with Crippen LogP contribution in [0.25, 0.3) is 0 Å². The van der Waals surface area contributed by atoms with Gasteiger partial charge in [0, 0.05) is 19.0 Å². The summed E-state index contributed by atoms with van der Waals surface area (Å²) in [4.78, 5) is 15.8. The van der Waals surface area contributed by atoms with Gasteiger partial charge in [-0.2, -0.15) is 5.10 Å². The number of nitrogen functional groups attached to an aromatic ring is 1. The Kier molecular flexibility index (Phi) is 2.82. The van der Waals surface area contributed by atoms with Gasteiger partial charge >= 0.3 is 0 Å². The van der Waals surface area contributed by atoms with E-state index in [1.54, 1.807) is 20.0 Å². The number of H-pyrrole nitrogens is 1. The van der Waals surface area contributed by atoms with Gasteiger partial charge in [0.05, 0.1) is 11.9 Å². The second-order valence-corrected chi connectivity index (χ2v) is 3.64. The standard InChI is InChI=1S/C10H13N5O2/c1-5-8(17-6(2)14-5)10(16)12-3-7-4-13-15-9(7)11/h4H,3H2,1-2H3,(H,12,16)(H3,11,13,15). The molecule has 0 spiro atoms. The van der Waals surface area contributed by atoms with Crippen LogP contribution >= 0.6 is 0 Å². The lowest BCUT2D eigenvalue weighted by Gasteiger charge is -2.01. The molecule has 0 saturated carbocycles. The number of oxazole rings is 1. The Labute approximate surface area is 97.4 Å². The highest BCUT2D eigenvalue weighted by atomic mass is 16.4. The molecule has 0 aromatic carbocycles. The molecule has 0 aliphatic rings. The van der Waals surface area contributed by atoms with Gasteiger partial charge in [-0.1, -0.05) is 0 Å². The van der Waals surface area contributed by atoms with Crippen molar-refractivity contribution < 1.29 is 9.21 Å². The molecule has 0 atom stereocenters. The Morgan fingerprint density at radius 1 is 1.59 bits per heavy atom. The van der Waals surface area contributed by atoms with Gasteiger partial charge in [0.1, 0.15) is 5.82 Å². The van der Waals surface area contributed by atoms with E-state index in [2.05, 4.69) is 20.5 Å². The zero-order chi connectivity index (χ0) is 12.4. The van der Waals surface area contributed by atoms with Gasteiger partial charge in [0.15, 0.2) is 5.89 Å². The summed E-state index contributed by atoms with van der Waals surface area (Å²) in [6.45, 7) is 3.70. The number of rotatable bonds is 3. The van der Waals surface area contributed by atoms with Crippen LogP contribution in [0.3, 0.4) is 0 Å². The number of nitrogens with one attached hydrogen (secondary N) is 2. The van der Waals surface area contributed by atoms with Crippen LogP contribution in [-0.4, -0.2) is 21.1 Å². The molecule has 0 fully saturated rings. The van der Waals surface area contributed by atoms with Crippen LogP contribution in [0.15, 0.2) is 10.6 Å². The summed E-state index contributed by atoms with van der Waals surface area (Å²) in [7, 11) is 0. The summed E-state index contributed by atoms with van der Waals surface area (Å²) in [5.74, 6) is 0.819. The van der Waals surface area contributed by atoms with E-state index in [9.17, 15) is 4.79 Å². The first-order valence-electron chi connectivity index (χ1n) is 5.08. The van der Waals surface area contributed by atoms with Crippen LogP contribution in [0.1, 0.15) is 27.7 Å². The smallest absolute Gasteiger partial charge is 0.289 e. The normalized spacial score (nSPS) is 10.5. The first kappa shape index (κ1) is 11.2. The lowest BCUT2D eigenvalue weighted by atomic mass is 10.3. The second kappa shape index (κ2) is 4.28. The molecule has 7 nitrogen and oxygen atoms in total. The van der Waals surface area contributed by atoms with Crippen molar-refractivity contribution in [1.82, 2.24) is 20.5 Å². The molecule has 0 saturated heterocycles. The van der Waals surface area contributed by atoms with Crippen molar-refractivity contribution in [3.05, 3.63) is 29.1 Å². The first-order chi connectivity index (χ1) is 8.08. The molecule has 4 N–H and O–H groups in total. The zero-order valence-corrected chi connectivity index (χ0v) is 9.57. The van der Waals surface area contributed by atoms with E-state index in [-0.39, 0.29) is 11.7 Å². The summed E-state index contributed by atoms with van der Waals surface area (Å²) >= 11 is 0. The first-order valence-corrected chi connectivity index (χ1v) is 5.08. The predicted molar refractivity (Wildman–Crippen MR) is 60.1 cm³/mol. The molecule has 2 rings (SSSR count). The number of nitrogens with zero attached hydrogens (tertiary/aromatic N) is 2. The molecule has 2 aromatic heterocycles. The van der Waals surface area contributed by atoms with E-state index in [4.69, 9.17) is 10.2 Å². The Hall–Kier alpha value is -2.31. The monoisotopic (exact) mass is 235 g/mol. The van der Waals surface area contributed by atoms with Crippen LogP contribution in [0.2, 0.25) is 0 Å². The molecular formula is C10H13N5O2. The van der Waals surface area contributed by atoms with E-state index < -0.39 is 0 Å².